The summed E-state index contributed by atoms with van der Waals surface area (Å²) in [5.74, 6) is 0. The molecule has 1 fully saturated rings. The first kappa shape index (κ1) is 15.4. The Kier molecular flexibility index (Phi) is 5.05. The van der Waals surface area contributed by atoms with E-state index in [0.29, 0.717) is 21.8 Å². The molecule has 0 amide bonds. The largest absolute Gasteiger partial charge is 0.315 e. The molecule has 0 bridgehead atoms. The third-order valence-electron chi connectivity index (χ3n) is 3.44. The first-order chi connectivity index (χ1) is 9.00. The van der Waals surface area contributed by atoms with Crippen LogP contribution < -0.4 is 5.32 Å². The SMILES string of the molecule is CCC1CCCN1S(=O)(=O)c1cc(CNC)sc1Br. The van der Waals surface area contributed by atoms with Gasteiger partial charge < -0.3 is 5.32 Å². The summed E-state index contributed by atoms with van der Waals surface area (Å²) in [6, 6.07) is 1.94. The van der Waals surface area contributed by atoms with Gasteiger partial charge in [0.25, 0.3) is 0 Å². The van der Waals surface area contributed by atoms with Gasteiger partial charge in [0.05, 0.1) is 3.79 Å². The summed E-state index contributed by atoms with van der Waals surface area (Å²) >= 11 is 4.88. The molecule has 2 rings (SSSR count). The Hall–Kier alpha value is 0.0500. The van der Waals surface area contributed by atoms with E-state index in [0.717, 1.165) is 24.1 Å². The molecule has 4 nitrogen and oxygen atoms in total. The molecule has 7 heteroatoms. The van der Waals surface area contributed by atoms with Crippen molar-refractivity contribution in [1.29, 1.82) is 0 Å². The van der Waals surface area contributed by atoms with Gasteiger partial charge in [0.1, 0.15) is 4.90 Å². The van der Waals surface area contributed by atoms with Crippen LogP contribution in [0.5, 0.6) is 0 Å². The summed E-state index contributed by atoms with van der Waals surface area (Å²) < 4.78 is 27.8. The van der Waals surface area contributed by atoms with E-state index >= 15 is 0 Å². The van der Waals surface area contributed by atoms with Crippen molar-refractivity contribution in [2.45, 2.75) is 43.7 Å². The lowest BCUT2D eigenvalue weighted by Crippen LogP contribution is -2.35. The van der Waals surface area contributed by atoms with E-state index in [1.165, 1.54) is 11.3 Å². The topological polar surface area (TPSA) is 49.4 Å². The van der Waals surface area contributed by atoms with Crippen LogP contribution in [0.3, 0.4) is 0 Å². The highest BCUT2D eigenvalue weighted by Crippen LogP contribution is 2.36. The summed E-state index contributed by atoms with van der Waals surface area (Å²) in [6.07, 6.45) is 2.81. The minimum absolute atomic E-state index is 0.157. The van der Waals surface area contributed by atoms with Crippen LogP contribution in [-0.4, -0.2) is 32.4 Å². The fraction of sp³-hybridized carbons (Fsp3) is 0.667. The Labute approximate surface area is 127 Å². The number of halogens is 1. The molecule has 1 aromatic rings. The monoisotopic (exact) mass is 366 g/mol. The van der Waals surface area contributed by atoms with Gasteiger partial charge in [-0.05, 0) is 48.3 Å². The highest BCUT2D eigenvalue weighted by Gasteiger charge is 2.36. The van der Waals surface area contributed by atoms with Crippen LogP contribution in [0.4, 0.5) is 0 Å². The van der Waals surface area contributed by atoms with Crippen molar-refractivity contribution in [3.8, 4) is 0 Å². The van der Waals surface area contributed by atoms with E-state index in [1.54, 1.807) is 10.4 Å². The first-order valence-electron chi connectivity index (χ1n) is 6.45. The highest BCUT2D eigenvalue weighted by molar-refractivity contribution is 9.11. The summed E-state index contributed by atoms with van der Waals surface area (Å²) in [7, 11) is -1.50. The standard InChI is InChI=1S/C12H19BrN2O2S2/c1-3-9-5-4-6-15(9)19(16,17)11-7-10(8-14-2)18-12(11)13/h7,9,14H,3-6,8H2,1-2H3. The van der Waals surface area contributed by atoms with Crippen molar-refractivity contribution < 1.29 is 8.42 Å². The van der Waals surface area contributed by atoms with E-state index in [4.69, 9.17) is 0 Å². The maximum Gasteiger partial charge on any atom is 0.245 e. The maximum atomic E-state index is 12.7. The quantitative estimate of drug-likeness (QED) is 0.871. The second kappa shape index (κ2) is 6.22. The van der Waals surface area contributed by atoms with Gasteiger partial charge in [-0.2, -0.15) is 4.31 Å². The lowest BCUT2D eigenvalue weighted by molar-refractivity contribution is 0.379. The predicted molar refractivity (Wildman–Crippen MR) is 82.0 cm³/mol. The Morgan fingerprint density at radius 3 is 2.95 bits per heavy atom. The lowest BCUT2D eigenvalue weighted by atomic mass is 10.2. The van der Waals surface area contributed by atoms with Crippen molar-refractivity contribution in [1.82, 2.24) is 9.62 Å². The molecule has 19 heavy (non-hydrogen) atoms. The summed E-state index contributed by atoms with van der Waals surface area (Å²) in [5.41, 5.74) is 0. The molecular formula is C12H19BrN2O2S2. The van der Waals surface area contributed by atoms with Gasteiger partial charge in [0.2, 0.25) is 10.0 Å². The second-order valence-corrected chi connectivity index (χ2v) is 9.01. The highest BCUT2D eigenvalue weighted by atomic mass is 79.9. The number of rotatable bonds is 5. The van der Waals surface area contributed by atoms with E-state index < -0.39 is 10.0 Å². The third kappa shape index (κ3) is 3.05. The van der Waals surface area contributed by atoms with Gasteiger partial charge in [0.15, 0.2) is 0 Å². The molecule has 0 saturated carbocycles. The van der Waals surface area contributed by atoms with Crippen LogP contribution in [0.2, 0.25) is 0 Å². The second-order valence-electron chi connectivity index (χ2n) is 4.70. The Morgan fingerprint density at radius 2 is 2.32 bits per heavy atom. The molecule has 1 N–H and O–H groups in total. The van der Waals surface area contributed by atoms with Crippen LogP contribution in [0.25, 0.3) is 0 Å². The lowest BCUT2D eigenvalue weighted by Gasteiger charge is -2.22. The van der Waals surface area contributed by atoms with Crippen molar-refractivity contribution in [3.05, 3.63) is 14.7 Å². The van der Waals surface area contributed by atoms with Crippen molar-refractivity contribution in [2.24, 2.45) is 0 Å². The van der Waals surface area contributed by atoms with Crippen molar-refractivity contribution in [3.63, 3.8) is 0 Å². The number of hydrogen-bond acceptors (Lipinski definition) is 4. The normalized spacial score (nSPS) is 21.1. The van der Waals surface area contributed by atoms with Crippen LogP contribution in [-0.2, 0) is 16.6 Å². The molecule has 1 saturated heterocycles. The molecule has 1 unspecified atom stereocenters. The Morgan fingerprint density at radius 1 is 1.58 bits per heavy atom. The Bertz CT molecular complexity index is 542. The molecule has 0 aliphatic carbocycles. The van der Waals surface area contributed by atoms with Gasteiger partial charge in [-0.25, -0.2) is 8.42 Å². The Balaban J connectivity index is 2.33. The average molecular weight is 367 g/mol. The van der Waals surface area contributed by atoms with Crippen molar-refractivity contribution in [2.75, 3.05) is 13.6 Å². The number of nitrogens with one attached hydrogen (secondary N) is 1. The smallest absolute Gasteiger partial charge is 0.245 e. The fourth-order valence-electron chi connectivity index (χ4n) is 2.49. The molecule has 0 radical (unpaired) electrons. The van der Waals surface area contributed by atoms with E-state index in [9.17, 15) is 8.42 Å². The minimum atomic E-state index is -3.36. The first-order valence-corrected chi connectivity index (χ1v) is 9.50. The van der Waals surface area contributed by atoms with Gasteiger partial charge in [0, 0.05) is 24.0 Å². The van der Waals surface area contributed by atoms with E-state index in [-0.39, 0.29) is 6.04 Å². The van der Waals surface area contributed by atoms with Crippen LogP contribution >= 0.6 is 27.3 Å². The zero-order valence-corrected chi connectivity index (χ0v) is 14.4. The summed E-state index contributed by atoms with van der Waals surface area (Å²) in [4.78, 5) is 1.45. The molecule has 1 atom stereocenters. The van der Waals surface area contributed by atoms with Crippen LogP contribution in [0, 0.1) is 0 Å². The number of nitrogens with zero attached hydrogens (tertiary/aromatic N) is 1. The van der Waals surface area contributed by atoms with Gasteiger partial charge in [-0.1, -0.05) is 6.92 Å². The third-order valence-corrected chi connectivity index (χ3v) is 7.64. The van der Waals surface area contributed by atoms with Gasteiger partial charge in [-0.15, -0.1) is 11.3 Å². The molecule has 2 heterocycles. The molecule has 1 aromatic heterocycles. The van der Waals surface area contributed by atoms with E-state index in [1.807, 2.05) is 14.0 Å². The predicted octanol–water partition coefficient (Wildman–Crippen LogP) is 2.79. The molecule has 0 spiro atoms. The molecular weight excluding hydrogens is 348 g/mol. The van der Waals surface area contributed by atoms with Gasteiger partial charge in [-0.3, -0.25) is 0 Å². The molecule has 1 aliphatic rings. The number of sulfonamides is 1. The molecule has 108 valence electrons. The molecule has 1 aliphatic heterocycles. The minimum Gasteiger partial charge on any atom is -0.315 e. The average Bonchev–Trinajstić information content (AvgIpc) is 2.96. The zero-order valence-electron chi connectivity index (χ0n) is 11.1. The number of thiophene rings is 1. The van der Waals surface area contributed by atoms with Crippen molar-refractivity contribution >= 4 is 37.3 Å². The van der Waals surface area contributed by atoms with E-state index in [2.05, 4.69) is 21.2 Å². The summed E-state index contributed by atoms with van der Waals surface area (Å²) in [5, 5.41) is 3.05. The molecule has 0 aromatic carbocycles. The maximum absolute atomic E-state index is 12.7. The van der Waals surface area contributed by atoms with Crippen LogP contribution in [0.15, 0.2) is 14.7 Å². The fourth-order valence-corrected chi connectivity index (χ4v) is 6.91. The van der Waals surface area contributed by atoms with Gasteiger partial charge >= 0.3 is 0 Å². The van der Waals surface area contributed by atoms with Crippen LogP contribution in [0.1, 0.15) is 31.1 Å². The summed E-state index contributed by atoms with van der Waals surface area (Å²) in [6.45, 7) is 3.38. The zero-order chi connectivity index (χ0) is 14.0. The number of hydrogen-bond donors (Lipinski definition) is 1.